The Hall–Kier alpha value is -3.00. The molecule has 0 saturated heterocycles. The van der Waals surface area contributed by atoms with Gasteiger partial charge in [-0.05, 0) is 37.6 Å². The predicted octanol–water partition coefficient (Wildman–Crippen LogP) is 2.56. The lowest BCUT2D eigenvalue weighted by Crippen LogP contribution is -2.24. The van der Waals surface area contributed by atoms with Crippen molar-refractivity contribution in [2.24, 2.45) is 0 Å². The molecule has 1 aliphatic heterocycles. The molecule has 0 saturated carbocycles. The van der Waals surface area contributed by atoms with E-state index in [9.17, 15) is 9.18 Å². The van der Waals surface area contributed by atoms with Gasteiger partial charge in [-0.25, -0.2) is 4.39 Å². The number of amides is 1. The third kappa shape index (κ3) is 3.48. The molecule has 2 aromatic heterocycles. The van der Waals surface area contributed by atoms with Crippen LogP contribution in [-0.2, 0) is 24.4 Å². The number of aromatic nitrogens is 4. The number of carbonyl (C=O) groups is 1. The maximum atomic E-state index is 13.1. The van der Waals surface area contributed by atoms with E-state index in [1.807, 2.05) is 13.8 Å². The van der Waals surface area contributed by atoms with Crippen molar-refractivity contribution in [3.8, 4) is 0 Å². The Balaban J connectivity index is 1.45. The van der Waals surface area contributed by atoms with Crippen LogP contribution in [0.4, 0.5) is 4.39 Å². The van der Waals surface area contributed by atoms with Crippen LogP contribution in [0.3, 0.4) is 0 Å². The number of aryl methyl sites for hydroxylation is 2. The molecule has 0 bridgehead atoms. The van der Waals surface area contributed by atoms with Crippen LogP contribution in [0, 0.1) is 19.7 Å². The third-order valence-electron chi connectivity index (χ3n) is 4.82. The first-order valence-electron chi connectivity index (χ1n) is 8.73. The summed E-state index contributed by atoms with van der Waals surface area (Å²) in [5.41, 5.74) is 4.86. The summed E-state index contributed by atoms with van der Waals surface area (Å²) in [4.78, 5) is 12.5. The molecule has 4 rings (SSSR count). The van der Waals surface area contributed by atoms with E-state index in [0.717, 1.165) is 28.2 Å². The molecular formula is C19H20FN5O2. The van der Waals surface area contributed by atoms with E-state index in [-0.39, 0.29) is 17.8 Å². The minimum absolute atomic E-state index is 0.217. The minimum atomic E-state index is -0.281. The Morgan fingerprint density at radius 2 is 2.15 bits per heavy atom. The molecule has 7 nitrogen and oxygen atoms in total. The highest BCUT2D eigenvalue weighted by Crippen LogP contribution is 2.26. The summed E-state index contributed by atoms with van der Waals surface area (Å²) in [6.07, 6.45) is -0.217. The Bertz CT molecular complexity index is 957. The number of hydrogen-bond donors (Lipinski definition) is 2. The normalized spacial score (nSPS) is 16.2. The van der Waals surface area contributed by atoms with Gasteiger partial charge >= 0.3 is 0 Å². The minimum Gasteiger partial charge on any atom is -0.365 e. The quantitative estimate of drug-likeness (QED) is 0.740. The molecule has 3 aromatic rings. The number of halogens is 1. The first kappa shape index (κ1) is 17.4. The van der Waals surface area contributed by atoms with Crippen LogP contribution in [0.15, 0.2) is 30.3 Å². The molecule has 140 valence electrons. The SMILES string of the molecule is Cc1n[nH]c(C)c1CNC(=O)c1cc2n(n1)C[C@@H](c1ccc(F)cc1)OC2. The van der Waals surface area contributed by atoms with Gasteiger partial charge in [0.25, 0.3) is 5.91 Å². The number of rotatable bonds is 4. The third-order valence-corrected chi connectivity index (χ3v) is 4.82. The summed E-state index contributed by atoms with van der Waals surface area (Å²) in [5.74, 6) is -0.522. The first-order chi connectivity index (χ1) is 13.0. The standard InChI is InChI=1S/C19H20FN5O2/c1-11-16(12(2)23-22-11)8-21-19(26)17-7-15-10-27-18(9-25(15)24-17)13-3-5-14(20)6-4-13/h3-7,18H,8-10H2,1-2H3,(H,21,26)(H,22,23)/t18-/m0/s1. The number of carbonyl (C=O) groups excluding carboxylic acids is 1. The van der Waals surface area contributed by atoms with Crippen LogP contribution in [-0.4, -0.2) is 25.9 Å². The van der Waals surface area contributed by atoms with Gasteiger partial charge in [0.1, 0.15) is 11.9 Å². The second-order valence-corrected chi connectivity index (χ2v) is 6.65. The van der Waals surface area contributed by atoms with Crippen molar-refractivity contribution in [1.82, 2.24) is 25.3 Å². The molecule has 0 spiro atoms. The van der Waals surface area contributed by atoms with E-state index in [2.05, 4.69) is 20.6 Å². The second-order valence-electron chi connectivity index (χ2n) is 6.65. The van der Waals surface area contributed by atoms with E-state index in [4.69, 9.17) is 4.74 Å². The van der Waals surface area contributed by atoms with Crippen molar-refractivity contribution in [2.45, 2.75) is 39.6 Å². The molecule has 27 heavy (non-hydrogen) atoms. The molecule has 0 unspecified atom stereocenters. The van der Waals surface area contributed by atoms with E-state index in [0.29, 0.717) is 25.4 Å². The summed E-state index contributed by atoms with van der Waals surface area (Å²) < 4.78 is 20.7. The highest BCUT2D eigenvalue weighted by Gasteiger charge is 2.24. The molecular weight excluding hydrogens is 349 g/mol. The number of fused-ring (bicyclic) bond motifs is 1. The molecule has 1 atom stereocenters. The number of nitrogens with zero attached hydrogens (tertiary/aromatic N) is 3. The summed E-state index contributed by atoms with van der Waals surface area (Å²) in [5, 5.41) is 14.3. The van der Waals surface area contributed by atoms with Crippen LogP contribution in [0.25, 0.3) is 0 Å². The lowest BCUT2D eigenvalue weighted by molar-refractivity contribution is -0.00123. The highest BCUT2D eigenvalue weighted by molar-refractivity contribution is 5.92. The molecule has 8 heteroatoms. The zero-order chi connectivity index (χ0) is 19.0. The van der Waals surface area contributed by atoms with Gasteiger partial charge in [-0.1, -0.05) is 12.1 Å². The van der Waals surface area contributed by atoms with Gasteiger partial charge in [-0.2, -0.15) is 10.2 Å². The van der Waals surface area contributed by atoms with E-state index >= 15 is 0 Å². The number of hydrogen-bond acceptors (Lipinski definition) is 4. The molecule has 3 heterocycles. The maximum Gasteiger partial charge on any atom is 0.272 e. The summed E-state index contributed by atoms with van der Waals surface area (Å²) in [7, 11) is 0. The topological polar surface area (TPSA) is 84.8 Å². The molecule has 1 amide bonds. The average molecular weight is 369 g/mol. The van der Waals surface area contributed by atoms with Crippen LogP contribution < -0.4 is 5.32 Å². The van der Waals surface area contributed by atoms with Gasteiger partial charge in [0, 0.05) is 17.8 Å². The van der Waals surface area contributed by atoms with Gasteiger partial charge in [0.2, 0.25) is 0 Å². The predicted molar refractivity (Wildman–Crippen MR) is 95.4 cm³/mol. The molecule has 0 radical (unpaired) electrons. The lowest BCUT2D eigenvalue weighted by atomic mass is 10.1. The van der Waals surface area contributed by atoms with Crippen LogP contribution in [0.1, 0.15) is 44.8 Å². The Kier molecular flexibility index (Phi) is 4.49. The van der Waals surface area contributed by atoms with Gasteiger partial charge in [-0.15, -0.1) is 0 Å². The zero-order valence-corrected chi connectivity index (χ0v) is 15.1. The Labute approximate surface area is 155 Å². The zero-order valence-electron chi connectivity index (χ0n) is 15.1. The maximum absolute atomic E-state index is 13.1. The number of benzene rings is 1. The molecule has 1 aliphatic rings. The summed E-state index contributed by atoms with van der Waals surface area (Å²) in [6, 6.07) is 7.98. The molecule has 0 fully saturated rings. The van der Waals surface area contributed by atoms with Gasteiger partial charge < -0.3 is 10.1 Å². The molecule has 0 aliphatic carbocycles. The van der Waals surface area contributed by atoms with Crippen molar-refractivity contribution in [3.05, 3.63) is 70.1 Å². The van der Waals surface area contributed by atoms with E-state index in [1.54, 1.807) is 22.9 Å². The highest BCUT2D eigenvalue weighted by atomic mass is 19.1. The smallest absolute Gasteiger partial charge is 0.272 e. The Morgan fingerprint density at radius 1 is 1.37 bits per heavy atom. The first-order valence-corrected chi connectivity index (χ1v) is 8.73. The van der Waals surface area contributed by atoms with Gasteiger partial charge in [-0.3, -0.25) is 14.6 Å². The fraction of sp³-hybridized carbons (Fsp3) is 0.316. The molecule has 1 aromatic carbocycles. The number of aromatic amines is 1. The van der Waals surface area contributed by atoms with Crippen molar-refractivity contribution < 1.29 is 13.9 Å². The fourth-order valence-corrected chi connectivity index (χ4v) is 3.21. The van der Waals surface area contributed by atoms with Crippen molar-refractivity contribution in [3.63, 3.8) is 0 Å². The number of ether oxygens (including phenoxy) is 1. The fourth-order valence-electron chi connectivity index (χ4n) is 3.21. The van der Waals surface area contributed by atoms with Crippen LogP contribution in [0.5, 0.6) is 0 Å². The van der Waals surface area contributed by atoms with Crippen LogP contribution in [0.2, 0.25) is 0 Å². The number of H-pyrrole nitrogens is 1. The van der Waals surface area contributed by atoms with E-state index < -0.39 is 0 Å². The van der Waals surface area contributed by atoms with Crippen molar-refractivity contribution in [2.75, 3.05) is 0 Å². The lowest BCUT2D eigenvalue weighted by Gasteiger charge is -2.24. The van der Waals surface area contributed by atoms with Crippen molar-refractivity contribution in [1.29, 1.82) is 0 Å². The Morgan fingerprint density at radius 3 is 2.85 bits per heavy atom. The van der Waals surface area contributed by atoms with Gasteiger partial charge in [0.05, 0.1) is 24.5 Å². The largest absolute Gasteiger partial charge is 0.365 e. The molecule has 2 N–H and O–H groups in total. The summed E-state index contributed by atoms with van der Waals surface area (Å²) in [6.45, 7) is 5.04. The monoisotopic (exact) mass is 369 g/mol. The van der Waals surface area contributed by atoms with Crippen molar-refractivity contribution >= 4 is 5.91 Å². The number of nitrogens with one attached hydrogen (secondary N) is 2. The summed E-state index contributed by atoms with van der Waals surface area (Å²) >= 11 is 0. The van der Waals surface area contributed by atoms with Gasteiger partial charge in [0.15, 0.2) is 5.69 Å². The van der Waals surface area contributed by atoms with E-state index in [1.165, 1.54) is 12.1 Å². The average Bonchev–Trinajstić information content (AvgIpc) is 3.23. The van der Waals surface area contributed by atoms with Crippen LogP contribution >= 0.6 is 0 Å². The second kappa shape index (κ2) is 6.96.